The Labute approximate surface area is 189 Å². The molecule has 2 rings (SSSR count). The second kappa shape index (κ2) is 12.8. The van der Waals surface area contributed by atoms with Crippen LogP contribution in [0, 0.1) is 0 Å². The van der Waals surface area contributed by atoms with Gasteiger partial charge in [0.25, 0.3) is 7.37 Å². The summed E-state index contributed by atoms with van der Waals surface area (Å²) in [5.41, 5.74) is 2.25. The standard InChI is InChI=1S/C22H30Cl2NO4P/c1-3-28-22(29-4-2)30(26,27)15-5-14-25(16-18-6-10-20(23)11-7-18)17-19-8-12-21(24)13-9-19/h6-13,22H,3-5,14-17H2,1-2H3,(H,26,27). The third-order valence-electron chi connectivity index (χ3n) is 4.54. The van der Waals surface area contributed by atoms with E-state index in [1.807, 2.05) is 48.5 Å². The highest BCUT2D eigenvalue weighted by atomic mass is 35.5. The van der Waals surface area contributed by atoms with E-state index in [1.54, 1.807) is 13.8 Å². The molecule has 0 fully saturated rings. The maximum Gasteiger partial charge on any atom is 0.255 e. The maximum atomic E-state index is 12.7. The summed E-state index contributed by atoms with van der Waals surface area (Å²) >= 11 is 12.0. The number of rotatable bonds is 13. The van der Waals surface area contributed by atoms with Gasteiger partial charge in [0, 0.05) is 42.5 Å². The molecule has 0 spiro atoms. The normalized spacial score (nSPS) is 13.7. The molecule has 166 valence electrons. The number of hydrogen-bond acceptors (Lipinski definition) is 4. The van der Waals surface area contributed by atoms with Crippen molar-refractivity contribution in [2.45, 2.75) is 39.4 Å². The van der Waals surface area contributed by atoms with E-state index < -0.39 is 13.4 Å². The van der Waals surface area contributed by atoms with Gasteiger partial charge in [0.15, 0.2) is 0 Å². The average molecular weight is 474 g/mol. The van der Waals surface area contributed by atoms with Crippen molar-refractivity contribution in [3.05, 3.63) is 69.7 Å². The summed E-state index contributed by atoms with van der Waals surface area (Å²) in [6.45, 7) is 6.29. The van der Waals surface area contributed by atoms with Crippen molar-refractivity contribution in [1.82, 2.24) is 4.90 Å². The van der Waals surface area contributed by atoms with E-state index in [-0.39, 0.29) is 6.16 Å². The van der Waals surface area contributed by atoms with Crippen molar-refractivity contribution in [2.75, 3.05) is 25.9 Å². The van der Waals surface area contributed by atoms with Gasteiger partial charge in [-0.1, -0.05) is 47.5 Å². The molecule has 0 saturated carbocycles. The highest BCUT2D eigenvalue weighted by Gasteiger charge is 2.32. The summed E-state index contributed by atoms with van der Waals surface area (Å²) in [4.78, 5) is 12.7. The summed E-state index contributed by atoms with van der Waals surface area (Å²) in [5, 5.41) is 1.39. The fourth-order valence-corrected chi connectivity index (χ4v) is 4.92. The van der Waals surface area contributed by atoms with Crippen LogP contribution in [0.15, 0.2) is 48.5 Å². The Kier molecular flexibility index (Phi) is 10.8. The fraction of sp³-hybridized carbons (Fsp3) is 0.455. The van der Waals surface area contributed by atoms with Gasteiger partial charge in [-0.2, -0.15) is 0 Å². The van der Waals surface area contributed by atoms with E-state index >= 15 is 0 Å². The lowest BCUT2D eigenvalue weighted by Crippen LogP contribution is -2.26. The lowest BCUT2D eigenvalue weighted by molar-refractivity contribution is -0.0871. The SMILES string of the molecule is CCOC(OCC)P(=O)(O)CCCN(Cc1ccc(Cl)cc1)Cc1ccc(Cl)cc1. The molecule has 0 bridgehead atoms. The number of nitrogens with zero attached hydrogens (tertiary/aromatic N) is 1. The van der Waals surface area contributed by atoms with E-state index in [4.69, 9.17) is 32.7 Å². The molecule has 30 heavy (non-hydrogen) atoms. The minimum Gasteiger partial charge on any atom is -0.345 e. The number of halogens is 2. The third-order valence-corrected chi connectivity index (χ3v) is 6.96. The van der Waals surface area contributed by atoms with Crippen molar-refractivity contribution in [3.8, 4) is 0 Å². The van der Waals surface area contributed by atoms with Gasteiger partial charge in [-0.05, 0) is 62.2 Å². The van der Waals surface area contributed by atoms with Crippen molar-refractivity contribution < 1.29 is 18.9 Å². The fourth-order valence-electron chi connectivity index (χ4n) is 3.10. The molecule has 1 unspecified atom stereocenters. The molecule has 5 nitrogen and oxygen atoms in total. The van der Waals surface area contributed by atoms with Crippen LogP contribution in [0.25, 0.3) is 0 Å². The van der Waals surface area contributed by atoms with Crippen LogP contribution in [-0.4, -0.2) is 41.7 Å². The van der Waals surface area contributed by atoms with Crippen LogP contribution in [0.4, 0.5) is 0 Å². The van der Waals surface area contributed by atoms with E-state index in [1.165, 1.54) is 0 Å². The summed E-state index contributed by atoms with van der Waals surface area (Å²) in [6.07, 6.45) is 0.682. The van der Waals surface area contributed by atoms with Crippen LogP contribution in [0.3, 0.4) is 0 Å². The van der Waals surface area contributed by atoms with Crippen molar-refractivity contribution in [2.24, 2.45) is 0 Å². The molecule has 8 heteroatoms. The van der Waals surface area contributed by atoms with Gasteiger partial charge in [-0.15, -0.1) is 0 Å². The molecule has 0 heterocycles. The zero-order chi connectivity index (χ0) is 22.0. The summed E-state index contributed by atoms with van der Waals surface area (Å²) in [5.74, 6) is 0. The Balaban J connectivity index is 2.03. The number of hydrogen-bond donors (Lipinski definition) is 1. The monoisotopic (exact) mass is 473 g/mol. The van der Waals surface area contributed by atoms with Crippen molar-refractivity contribution in [3.63, 3.8) is 0 Å². The van der Waals surface area contributed by atoms with Crippen molar-refractivity contribution in [1.29, 1.82) is 0 Å². The third kappa shape index (κ3) is 8.68. The largest absolute Gasteiger partial charge is 0.345 e. The molecular formula is C22H30Cl2NO4P. The number of benzene rings is 2. The topological polar surface area (TPSA) is 59.0 Å². The molecule has 0 aromatic heterocycles. The molecule has 0 aliphatic carbocycles. The predicted molar refractivity (Wildman–Crippen MR) is 123 cm³/mol. The van der Waals surface area contributed by atoms with Crippen molar-refractivity contribution >= 4 is 30.6 Å². The van der Waals surface area contributed by atoms with Gasteiger partial charge in [0.05, 0.1) is 0 Å². The first-order chi connectivity index (χ1) is 14.3. The van der Waals surface area contributed by atoms with Crippen LogP contribution in [-0.2, 0) is 27.1 Å². The Morgan fingerprint density at radius 3 is 1.73 bits per heavy atom. The van der Waals surface area contributed by atoms with Gasteiger partial charge >= 0.3 is 0 Å². The van der Waals surface area contributed by atoms with Crippen LogP contribution in [0.1, 0.15) is 31.4 Å². The van der Waals surface area contributed by atoms with Crippen LogP contribution >= 0.6 is 30.6 Å². The molecule has 0 amide bonds. The first-order valence-electron chi connectivity index (χ1n) is 10.1. The molecule has 1 N–H and O–H groups in total. The summed E-state index contributed by atoms with van der Waals surface area (Å²) in [7, 11) is -3.58. The maximum absolute atomic E-state index is 12.7. The van der Waals surface area contributed by atoms with Gasteiger partial charge in [0.2, 0.25) is 6.03 Å². The Morgan fingerprint density at radius 1 is 0.900 bits per heavy atom. The van der Waals surface area contributed by atoms with E-state index in [0.717, 1.165) is 11.1 Å². The van der Waals surface area contributed by atoms with Crippen LogP contribution in [0.2, 0.25) is 10.0 Å². The van der Waals surface area contributed by atoms with Gasteiger partial charge in [-0.3, -0.25) is 9.46 Å². The average Bonchev–Trinajstić information content (AvgIpc) is 2.71. The van der Waals surface area contributed by atoms with Gasteiger partial charge < -0.3 is 14.4 Å². The minimum atomic E-state index is -3.58. The minimum absolute atomic E-state index is 0.134. The van der Waals surface area contributed by atoms with E-state index in [2.05, 4.69) is 4.90 Å². The Bertz CT molecular complexity index is 748. The molecule has 0 saturated heterocycles. The molecular weight excluding hydrogens is 444 g/mol. The molecule has 2 aromatic carbocycles. The van der Waals surface area contributed by atoms with E-state index in [9.17, 15) is 9.46 Å². The van der Waals surface area contributed by atoms with Gasteiger partial charge in [-0.25, -0.2) is 0 Å². The Hall–Kier alpha value is -0.910. The molecule has 2 aromatic rings. The quantitative estimate of drug-likeness (QED) is 0.285. The molecule has 0 aliphatic rings. The zero-order valence-electron chi connectivity index (χ0n) is 17.5. The second-order valence-electron chi connectivity index (χ2n) is 7.01. The lowest BCUT2D eigenvalue weighted by Gasteiger charge is -2.25. The molecule has 0 radical (unpaired) electrons. The summed E-state index contributed by atoms with van der Waals surface area (Å²) < 4.78 is 23.4. The molecule has 0 aliphatic heterocycles. The van der Waals surface area contributed by atoms with Crippen LogP contribution < -0.4 is 0 Å². The predicted octanol–water partition coefficient (Wildman–Crippen LogP) is 6.01. The number of ether oxygens (including phenoxy) is 2. The van der Waals surface area contributed by atoms with Crippen LogP contribution in [0.5, 0.6) is 0 Å². The Morgan fingerprint density at radius 2 is 1.33 bits per heavy atom. The lowest BCUT2D eigenvalue weighted by atomic mass is 10.1. The highest BCUT2D eigenvalue weighted by Crippen LogP contribution is 2.47. The first-order valence-corrected chi connectivity index (χ1v) is 12.8. The zero-order valence-corrected chi connectivity index (χ0v) is 19.9. The van der Waals surface area contributed by atoms with E-state index in [0.29, 0.717) is 49.3 Å². The second-order valence-corrected chi connectivity index (χ2v) is 10.3. The summed E-state index contributed by atoms with van der Waals surface area (Å²) in [6, 6.07) is 14.4. The highest BCUT2D eigenvalue weighted by molar-refractivity contribution is 7.58. The smallest absolute Gasteiger partial charge is 0.255 e. The first kappa shape index (κ1) is 25.4. The molecule has 1 atom stereocenters. The van der Waals surface area contributed by atoms with Gasteiger partial charge in [0.1, 0.15) is 0 Å².